The van der Waals surface area contributed by atoms with Crippen molar-refractivity contribution in [3.8, 4) is 0 Å². The van der Waals surface area contributed by atoms with Crippen LogP contribution in [0.3, 0.4) is 0 Å². The van der Waals surface area contributed by atoms with Crippen molar-refractivity contribution in [2.45, 2.75) is 52.4 Å². The van der Waals surface area contributed by atoms with E-state index in [1.165, 1.54) is 6.26 Å². The molecule has 0 aromatic carbocycles. The highest BCUT2D eigenvalue weighted by Gasteiger charge is 2.29. The fourth-order valence-electron chi connectivity index (χ4n) is 1.36. The maximum atomic E-state index is 13.9. The molecule has 0 fully saturated rings. The maximum Gasteiger partial charge on any atom is 0.168 e. The molecule has 0 aliphatic heterocycles. The SMILES string of the molecule is CC(C)(C)c1coc(C(C)(C)C)c1F. The largest absolute Gasteiger partial charge is 0.465 e. The van der Waals surface area contributed by atoms with Crippen LogP contribution < -0.4 is 0 Å². The first-order chi connectivity index (χ1) is 6.14. The first-order valence-electron chi connectivity index (χ1n) is 4.92. The molecular formula is C12H19FO. The monoisotopic (exact) mass is 198 g/mol. The van der Waals surface area contributed by atoms with Crippen LogP contribution in [0.1, 0.15) is 52.9 Å². The Morgan fingerprint density at radius 2 is 1.50 bits per heavy atom. The number of furan rings is 1. The zero-order valence-corrected chi connectivity index (χ0v) is 9.86. The van der Waals surface area contributed by atoms with Gasteiger partial charge in [0.15, 0.2) is 5.82 Å². The molecule has 0 aliphatic carbocycles. The Morgan fingerprint density at radius 3 is 1.71 bits per heavy atom. The van der Waals surface area contributed by atoms with Gasteiger partial charge >= 0.3 is 0 Å². The summed E-state index contributed by atoms with van der Waals surface area (Å²) in [4.78, 5) is 0. The van der Waals surface area contributed by atoms with Crippen LogP contribution in [0.4, 0.5) is 4.39 Å². The minimum absolute atomic E-state index is 0.190. The van der Waals surface area contributed by atoms with E-state index >= 15 is 0 Å². The molecule has 80 valence electrons. The van der Waals surface area contributed by atoms with Crippen LogP contribution in [0, 0.1) is 5.82 Å². The molecule has 1 aromatic heterocycles. The van der Waals surface area contributed by atoms with E-state index in [2.05, 4.69) is 0 Å². The molecule has 0 atom stereocenters. The van der Waals surface area contributed by atoms with Crippen LogP contribution in [-0.4, -0.2) is 0 Å². The smallest absolute Gasteiger partial charge is 0.168 e. The lowest BCUT2D eigenvalue weighted by Gasteiger charge is -2.18. The lowest BCUT2D eigenvalue weighted by molar-refractivity contribution is 0.381. The van der Waals surface area contributed by atoms with Crippen molar-refractivity contribution >= 4 is 0 Å². The Hall–Kier alpha value is -0.790. The Kier molecular flexibility index (Phi) is 2.51. The number of hydrogen-bond acceptors (Lipinski definition) is 1. The summed E-state index contributed by atoms with van der Waals surface area (Å²) >= 11 is 0. The van der Waals surface area contributed by atoms with Gasteiger partial charge in [-0.15, -0.1) is 0 Å². The Labute approximate surface area is 85.3 Å². The number of hydrogen-bond donors (Lipinski definition) is 0. The second-order valence-corrected chi connectivity index (χ2v) is 5.79. The number of rotatable bonds is 0. The summed E-state index contributed by atoms with van der Waals surface area (Å²) in [7, 11) is 0. The number of halogens is 1. The molecule has 0 unspecified atom stereocenters. The van der Waals surface area contributed by atoms with E-state index in [0.29, 0.717) is 11.3 Å². The average molecular weight is 198 g/mol. The van der Waals surface area contributed by atoms with E-state index in [0.717, 1.165) is 0 Å². The van der Waals surface area contributed by atoms with Crippen molar-refractivity contribution in [3.05, 3.63) is 23.4 Å². The minimum atomic E-state index is -0.270. The minimum Gasteiger partial charge on any atom is -0.465 e. The van der Waals surface area contributed by atoms with Gasteiger partial charge in [-0.25, -0.2) is 4.39 Å². The Bertz CT molecular complexity index is 292. The summed E-state index contributed by atoms with van der Waals surface area (Å²) in [5, 5.41) is 0. The topological polar surface area (TPSA) is 13.1 Å². The Balaban J connectivity index is 3.23. The van der Waals surface area contributed by atoms with E-state index < -0.39 is 0 Å². The van der Waals surface area contributed by atoms with Crippen molar-refractivity contribution in [2.24, 2.45) is 0 Å². The standard InChI is InChI=1S/C12H19FO/c1-11(2,3)8-7-14-10(9(8)13)12(4,5)6/h7H,1-6H3. The van der Waals surface area contributed by atoms with Gasteiger partial charge in [0.1, 0.15) is 5.76 Å². The summed E-state index contributed by atoms with van der Waals surface area (Å²) in [6.45, 7) is 11.8. The van der Waals surface area contributed by atoms with Gasteiger partial charge in [0.2, 0.25) is 0 Å². The average Bonchev–Trinajstić information content (AvgIpc) is 2.26. The molecule has 14 heavy (non-hydrogen) atoms. The molecule has 1 heterocycles. The van der Waals surface area contributed by atoms with E-state index in [1.807, 2.05) is 41.5 Å². The van der Waals surface area contributed by atoms with Gasteiger partial charge in [-0.3, -0.25) is 0 Å². The zero-order chi connectivity index (χ0) is 11.1. The molecular weight excluding hydrogens is 179 g/mol. The first-order valence-corrected chi connectivity index (χ1v) is 4.92. The first kappa shape index (κ1) is 11.3. The molecule has 1 aromatic rings. The van der Waals surface area contributed by atoms with Crippen LogP contribution in [0.25, 0.3) is 0 Å². The second-order valence-electron chi connectivity index (χ2n) is 5.79. The third-order valence-electron chi connectivity index (χ3n) is 2.22. The molecule has 0 saturated carbocycles. The van der Waals surface area contributed by atoms with Gasteiger partial charge in [0.25, 0.3) is 0 Å². The molecule has 0 spiro atoms. The van der Waals surface area contributed by atoms with Crippen molar-refractivity contribution in [3.63, 3.8) is 0 Å². The quantitative estimate of drug-likeness (QED) is 0.613. The summed E-state index contributed by atoms with van der Waals surface area (Å²) < 4.78 is 19.2. The molecule has 1 rings (SSSR count). The summed E-state index contributed by atoms with van der Waals surface area (Å²) in [5.41, 5.74) is 0.187. The van der Waals surface area contributed by atoms with Crippen molar-refractivity contribution in [1.29, 1.82) is 0 Å². The molecule has 2 heteroatoms. The highest BCUT2D eigenvalue weighted by molar-refractivity contribution is 5.26. The molecule has 0 radical (unpaired) electrons. The van der Waals surface area contributed by atoms with Crippen LogP contribution in [0.15, 0.2) is 10.7 Å². The fourth-order valence-corrected chi connectivity index (χ4v) is 1.36. The second kappa shape index (κ2) is 3.11. The fraction of sp³-hybridized carbons (Fsp3) is 0.667. The van der Waals surface area contributed by atoms with Crippen molar-refractivity contribution in [1.82, 2.24) is 0 Å². The molecule has 0 amide bonds. The third kappa shape index (κ3) is 1.99. The summed E-state index contributed by atoms with van der Waals surface area (Å²) in [5.74, 6) is 0.257. The highest BCUT2D eigenvalue weighted by Crippen LogP contribution is 2.33. The van der Waals surface area contributed by atoms with Gasteiger partial charge in [-0.2, -0.15) is 0 Å². The van der Waals surface area contributed by atoms with Gasteiger partial charge in [-0.1, -0.05) is 41.5 Å². The predicted molar refractivity (Wildman–Crippen MR) is 56.1 cm³/mol. The van der Waals surface area contributed by atoms with Crippen LogP contribution >= 0.6 is 0 Å². The third-order valence-corrected chi connectivity index (χ3v) is 2.22. The van der Waals surface area contributed by atoms with Gasteiger partial charge in [0, 0.05) is 11.0 Å². The summed E-state index contributed by atoms with van der Waals surface area (Å²) in [6.07, 6.45) is 1.54. The van der Waals surface area contributed by atoms with Crippen LogP contribution in [-0.2, 0) is 10.8 Å². The molecule has 0 aliphatic rings. The molecule has 0 saturated heterocycles. The van der Waals surface area contributed by atoms with Crippen LogP contribution in [0.2, 0.25) is 0 Å². The molecule has 0 bridgehead atoms. The van der Waals surface area contributed by atoms with Crippen LogP contribution in [0.5, 0.6) is 0 Å². The van der Waals surface area contributed by atoms with E-state index in [9.17, 15) is 4.39 Å². The highest BCUT2D eigenvalue weighted by atomic mass is 19.1. The molecule has 1 nitrogen and oxygen atoms in total. The Morgan fingerprint density at radius 1 is 1.00 bits per heavy atom. The summed E-state index contributed by atoms with van der Waals surface area (Å²) in [6, 6.07) is 0. The van der Waals surface area contributed by atoms with Gasteiger partial charge in [0.05, 0.1) is 6.26 Å². The van der Waals surface area contributed by atoms with Crippen molar-refractivity contribution in [2.75, 3.05) is 0 Å². The normalized spacial score (nSPS) is 13.4. The predicted octanol–water partition coefficient (Wildman–Crippen LogP) is 4.01. The van der Waals surface area contributed by atoms with E-state index in [-0.39, 0.29) is 16.6 Å². The van der Waals surface area contributed by atoms with Gasteiger partial charge < -0.3 is 4.42 Å². The molecule has 0 N–H and O–H groups in total. The van der Waals surface area contributed by atoms with E-state index in [4.69, 9.17) is 4.42 Å². The lowest BCUT2D eigenvalue weighted by atomic mass is 9.86. The maximum absolute atomic E-state index is 13.9. The van der Waals surface area contributed by atoms with Crippen molar-refractivity contribution < 1.29 is 8.81 Å². The lowest BCUT2D eigenvalue weighted by Crippen LogP contribution is -2.15. The van der Waals surface area contributed by atoms with E-state index in [1.54, 1.807) is 0 Å². The van der Waals surface area contributed by atoms with Gasteiger partial charge in [-0.05, 0) is 5.41 Å². The zero-order valence-electron chi connectivity index (χ0n) is 9.86.